The van der Waals surface area contributed by atoms with Gasteiger partial charge in [0, 0.05) is 29.3 Å². The molecule has 0 fully saturated rings. The average molecular weight is 326 g/mol. The molecule has 4 N–H and O–H groups in total. The smallest absolute Gasteiger partial charge is 0.255 e. The molecular formula is C18H22N4O2. The third-order valence-electron chi connectivity index (χ3n) is 3.63. The van der Waals surface area contributed by atoms with Crippen LogP contribution in [0.5, 0.6) is 0 Å². The standard InChI is InChI=1S/C18H22N4O2/c1-3-4-15(19)18(24)21-14-6-5-12(2)16(11-14)22-17(23)13-7-9-20-10-8-13/h5-11,15H,3-4,19H2,1-2H3,(H,21,24)(H,22,23). The first kappa shape index (κ1) is 17.6. The van der Waals surface area contributed by atoms with Crippen LogP contribution >= 0.6 is 0 Å². The molecular weight excluding hydrogens is 304 g/mol. The van der Waals surface area contributed by atoms with E-state index in [2.05, 4.69) is 15.6 Å². The minimum absolute atomic E-state index is 0.230. The highest BCUT2D eigenvalue weighted by Gasteiger charge is 2.13. The normalized spacial score (nSPS) is 11.6. The molecule has 0 bridgehead atoms. The maximum absolute atomic E-state index is 12.2. The maximum atomic E-state index is 12.2. The van der Waals surface area contributed by atoms with Crippen LogP contribution in [0.1, 0.15) is 35.7 Å². The van der Waals surface area contributed by atoms with Crippen molar-refractivity contribution in [1.82, 2.24) is 4.98 Å². The van der Waals surface area contributed by atoms with Gasteiger partial charge in [-0.2, -0.15) is 0 Å². The number of nitrogens with zero attached hydrogens (tertiary/aromatic N) is 1. The molecule has 126 valence electrons. The first-order chi connectivity index (χ1) is 11.5. The maximum Gasteiger partial charge on any atom is 0.255 e. The SMILES string of the molecule is CCCC(N)C(=O)Nc1ccc(C)c(NC(=O)c2ccncc2)c1. The van der Waals surface area contributed by atoms with Gasteiger partial charge in [-0.25, -0.2) is 0 Å². The second kappa shape index (κ2) is 8.21. The summed E-state index contributed by atoms with van der Waals surface area (Å²) in [6.07, 6.45) is 4.60. The van der Waals surface area contributed by atoms with Gasteiger partial charge in [0.05, 0.1) is 6.04 Å². The Hall–Kier alpha value is -2.73. The molecule has 2 rings (SSSR count). The van der Waals surface area contributed by atoms with Gasteiger partial charge in [0.15, 0.2) is 0 Å². The Morgan fingerprint density at radius 1 is 1.17 bits per heavy atom. The third kappa shape index (κ3) is 4.63. The van der Waals surface area contributed by atoms with E-state index in [-0.39, 0.29) is 11.8 Å². The molecule has 6 nitrogen and oxygen atoms in total. The number of nitrogens with one attached hydrogen (secondary N) is 2. The van der Waals surface area contributed by atoms with Crippen LogP contribution in [0.15, 0.2) is 42.7 Å². The van der Waals surface area contributed by atoms with Gasteiger partial charge in [0.1, 0.15) is 0 Å². The molecule has 0 spiro atoms. The summed E-state index contributed by atoms with van der Waals surface area (Å²) in [6.45, 7) is 3.86. The fourth-order valence-corrected chi connectivity index (χ4v) is 2.21. The number of nitrogens with two attached hydrogens (primary N) is 1. The van der Waals surface area contributed by atoms with E-state index in [1.807, 2.05) is 19.9 Å². The van der Waals surface area contributed by atoms with Crippen LogP contribution in [0.25, 0.3) is 0 Å². The molecule has 1 heterocycles. The highest BCUT2D eigenvalue weighted by atomic mass is 16.2. The van der Waals surface area contributed by atoms with Gasteiger partial charge in [0.25, 0.3) is 5.91 Å². The Labute approximate surface area is 141 Å². The Morgan fingerprint density at radius 3 is 2.54 bits per heavy atom. The van der Waals surface area contributed by atoms with Crippen molar-refractivity contribution in [2.45, 2.75) is 32.7 Å². The summed E-state index contributed by atoms with van der Waals surface area (Å²) < 4.78 is 0. The van der Waals surface area contributed by atoms with Gasteiger partial charge in [-0.05, 0) is 43.2 Å². The van der Waals surface area contributed by atoms with E-state index in [0.29, 0.717) is 23.4 Å². The van der Waals surface area contributed by atoms with Gasteiger partial charge in [-0.3, -0.25) is 14.6 Å². The first-order valence-corrected chi connectivity index (χ1v) is 7.89. The summed E-state index contributed by atoms with van der Waals surface area (Å²) in [7, 11) is 0. The summed E-state index contributed by atoms with van der Waals surface area (Å²) in [6, 6.07) is 8.09. The molecule has 0 saturated carbocycles. The molecule has 1 aromatic carbocycles. The van der Waals surface area contributed by atoms with Crippen molar-refractivity contribution in [3.8, 4) is 0 Å². The van der Waals surface area contributed by atoms with Crippen LogP contribution in [-0.2, 0) is 4.79 Å². The molecule has 2 aromatic rings. The predicted molar refractivity (Wildman–Crippen MR) is 94.9 cm³/mol. The van der Waals surface area contributed by atoms with Gasteiger partial charge in [-0.15, -0.1) is 0 Å². The lowest BCUT2D eigenvalue weighted by Crippen LogP contribution is -2.35. The molecule has 1 atom stereocenters. The number of aryl methyl sites for hydroxylation is 1. The van der Waals surface area contributed by atoms with E-state index in [0.717, 1.165) is 12.0 Å². The van der Waals surface area contributed by atoms with Crippen molar-refractivity contribution in [2.75, 3.05) is 10.6 Å². The number of rotatable bonds is 6. The minimum Gasteiger partial charge on any atom is -0.325 e. The second-order valence-electron chi connectivity index (χ2n) is 5.60. The van der Waals surface area contributed by atoms with Crippen molar-refractivity contribution < 1.29 is 9.59 Å². The number of hydrogen-bond acceptors (Lipinski definition) is 4. The van der Waals surface area contributed by atoms with Gasteiger partial charge >= 0.3 is 0 Å². The molecule has 0 aliphatic carbocycles. The Bertz CT molecular complexity index is 716. The van der Waals surface area contributed by atoms with Crippen molar-refractivity contribution in [3.05, 3.63) is 53.9 Å². The number of anilines is 2. The number of benzene rings is 1. The molecule has 2 amide bonds. The molecule has 1 unspecified atom stereocenters. The fourth-order valence-electron chi connectivity index (χ4n) is 2.21. The quantitative estimate of drug-likeness (QED) is 0.760. The van der Waals surface area contributed by atoms with E-state index >= 15 is 0 Å². The topological polar surface area (TPSA) is 97.1 Å². The van der Waals surface area contributed by atoms with Gasteiger partial charge in [0.2, 0.25) is 5.91 Å². The zero-order valence-corrected chi connectivity index (χ0v) is 13.9. The zero-order valence-electron chi connectivity index (χ0n) is 13.9. The average Bonchev–Trinajstić information content (AvgIpc) is 2.58. The van der Waals surface area contributed by atoms with E-state index in [4.69, 9.17) is 5.73 Å². The van der Waals surface area contributed by atoms with E-state index < -0.39 is 6.04 Å². The lowest BCUT2D eigenvalue weighted by molar-refractivity contribution is -0.117. The van der Waals surface area contributed by atoms with Crippen LogP contribution in [0.3, 0.4) is 0 Å². The van der Waals surface area contributed by atoms with Crippen LogP contribution in [0.2, 0.25) is 0 Å². The van der Waals surface area contributed by atoms with Crippen molar-refractivity contribution in [3.63, 3.8) is 0 Å². The summed E-state index contributed by atoms with van der Waals surface area (Å²) in [5.74, 6) is -0.459. The lowest BCUT2D eigenvalue weighted by Gasteiger charge is -2.14. The van der Waals surface area contributed by atoms with Gasteiger partial charge < -0.3 is 16.4 Å². The summed E-state index contributed by atoms with van der Waals surface area (Å²) >= 11 is 0. The van der Waals surface area contributed by atoms with Crippen LogP contribution in [0.4, 0.5) is 11.4 Å². The number of aromatic nitrogens is 1. The minimum atomic E-state index is -0.536. The third-order valence-corrected chi connectivity index (χ3v) is 3.63. The molecule has 1 aromatic heterocycles. The molecule has 6 heteroatoms. The second-order valence-corrected chi connectivity index (χ2v) is 5.60. The Kier molecular flexibility index (Phi) is 6.03. The highest BCUT2D eigenvalue weighted by molar-refractivity contribution is 6.05. The number of hydrogen-bond donors (Lipinski definition) is 3. The molecule has 0 saturated heterocycles. The number of carbonyl (C=O) groups is 2. The number of amides is 2. The monoisotopic (exact) mass is 326 g/mol. The van der Waals surface area contributed by atoms with Gasteiger partial charge in [-0.1, -0.05) is 19.4 Å². The van der Waals surface area contributed by atoms with Crippen molar-refractivity contribution in [2.24, 2.45) is 5.73 Å². The number of pyridine rings is 1. The molecule has 24 heavy (non-hydrogen) atoms. The van der Waals surface area contributed by atoms with Crippen LogP contribution in [-0.4, -0.2) is 22.8 Å². The van der Waals surface area contributed by atoms with Crippen molar-refractivity contribution >= 4 is 23.2 Å². The predicted octanol–water partition coefficient (Wildman–Crippen LogP) is 2.71. The van der Waals surface area contributed by atoms with E-state index in [1.165, 1.54) is 0 Å². The van der Waals surface area contributed by atoms with Crippen LogP contribution in [0, 0.1) is 6.92 Å². The fraction of sp³-hybridized carbons (Fsp3) is 0.278. The summed E-state index contributed by atoms with van der Waals surface area (Å²) in [4.78, 5) is 28.2. The highest BCUT2D eigenvalue weighted by Crippen LogP contribution is 2.21. The van der Waals surface area contributed by atoms with E-state index in [9.17, 15) is 9.59 Å². The largest absolute Gasteiger partial charge is 0.325 e. The first-order valence-electron chi connectivity index (χ1n) is 7.89. The van der Waals surface area contributed by atoms with Crippen LogP contribution < -0.4 is 16.4 Å². The molecule has 0 radical (unpaired) electrons. The zero-order chi connectivity index (χ0) is 17.5. The summed E-state index contributed by atoms with van der Waals surface area (Å²) in [5, 5.41) is 5.63. The van der Waals surface area contributed by atoms with E-state index in [1.54, 1.807) is 36.7 Å². The molecule has 0 aliphatic heterocycles. The Morgan fingerprint density at radius 2 is 1.88 bits per heavy atom. The summed E-state index contributed by atoms with van der Waals surface area (Å²) in [5.41, 5.74) is 8.46. The van der Waals surface area contributed by atoms with Crippen molar-refractivity contribution in [1.29, 1.82) is 0 Å². The molecule has 0 aliphatic rings. The lowest BCUT2D eigenvalue weighted by atomic mass is 10.1. The Balaban J connectivity index is 2.11. The number of carbonyl (C=O) groups excluding carboxylic acids is 2.